The Hall–Kier alpha value is -2.89. The molecule has 264 valence electrons. The van der Waals surface area contributed by atoms with E-state index in [0.29, 0.717) is 50.6 Å². The van der Waals surface area contributed by atoms with Gasteiger partial charge in [0.05, 0.1) is 37.5 Å². The maximum atomic E-state index is 13.3. The van der Waals surface area contributed by atoms with Gasteiger partial charge in [-0.15, -0.1) is 0 Å². The Labute approximate surface area is 276 Å². The van der Waals surface area contributed by atoms with Crippen LogP contribution in [0.25, 0.3) is 0 Å². The van der Waals surface area contributed by atoms with Crippen LogP contribution >= 0.6 is 0 Å². The number of hydrogen-bond acceptors (Lipinski definition) is 8. The van der Waals surface area contributed by atoms with Gasteiger partial charge < -0.3 is 40.0 Å². The minimum atomic E-state index is -1.02. The summed E-state index contributed by atoms with van der Waals surface area (Å²) in [7, 11) is 1.61. The van der Waals surface area contributed by atoms with Crippen molar-refractivity contribution >= 4 is 17.9 Å². The van der Waals surface area contributed by atoms with Crippen molar-refractivity contribution in [3.8, 4) is 5.75 Å². The lowest BCUT2D eigenvalue weighted by Gasteiger charge is -2.33. The second-order valence-electron chi connectivity index (χ2n) is 13.5. The monoisotopic (exact) mass is 651 g/mol. The van der Waals surface area contributed by atoms with Crippen LogP contribution in [0.5, 0.6) is 5.75 Å². The topological polar surface area (TPSA) is 144 Å². The molecule has 11 nitrogen and oxygen atoms in total. The average Bonchev–Trinajstić information content (AvgIpc) is 2.97. The number of hydrogen-bond donors (Lipinski definition) is 4. The first kappa shape index (κ1) is 41.1. The molecule has 0 unspecified atom stereocenters. The molecule has 0 bridgehead atoms. The quantitative estimate of drug-likeness (QED) is 0.129. The van der Waals surface area contributed by atoms with Gasteiger partial charge in [-0.25, -0.2) is 4.79 Å². The van der Waals surface area contributed by atoms with Crippen molar-refractivity contribution in [1.82, 2.24) is 16.0 Å². The second kappa shape index (κ2) is 21.8. The number of nitrogens with one attached hydrogen (secondary N) is 3. The van der Waals surface area contributed by atoms with Crippen LogP contribution in [0.3, 0.4) is 0 Å². The number of aliphatic hydroxyl groups excluding tert-OH is 1. The van der Waals surface area contributed by atoms with Crippen LogP contribution < -0.4 is 20.7 Å². The third-order valence-corrected chi connectivity index (χ3v) is 7.71. The molecule has 1 rings (SSSR count). The molecular formula is C35H61N3O8. The molecule has 3 amide bonds. The Morgan fingerprint density at radius 1 is 0.913 bits per heavy atom. The molecule has 4 N–H and O–H groups in total. The SMILES string of the molecule is CCCCNC(=O)[C@@H](C[C@H](O)[C@H](C[C@H](CNC(=O)c1ccccc1OCCOCCOC)C(C)C)NC(=O)OC(C)(C)C)C(C)C. The van der Waals surface area contributed by atoms with Gasteiger partial charge in [-0.3, -0.25) is 9.59 Å². The highest BCUT2D eigenvalue weighted by molar-refractivity contribution is 5.96. The van der Waals surface area contributed by atoms with E-state index in [1.165, 1.54) is 0 Å². The molecule has 0 fully saturated rings. The summed E-state index contributed by atoms with van der Waals surface area (Å²) >= 11 is 0. The first-order valence-electron chi connectivity index (χ1n) is 16.7. The molecule has 0 aliphatic rings. The summed E-state index contributed by atoms with van der Waals surface area (Å²) in [6.07, 6.45) is 0.713. The number of alkyl carbamates (subject to hydrolysis) is 1. The fraction of sp³-hybridized carbons (Fsp3) is 0.743. The van der Waals surface area contributed by atoms with Crippen molar-refractivity contribution in [2.45, 2.75) is 98.8 Å². The van der Waals surface area contributed by atoms with Gasteiger partial charge in [-0.2, -0.15) is 0 Å². The molecule has 0 aliphatic carbocycles. The van der Waals surface area contributed by atoms with E-state index in [0.717, 1.165) is 12.8 Å². The zero-order valence-corrected chi connectivity index (χ0v) is 29.6. The van der Waals surface area contributed by atoms with Gasteiger partial charge in [-0.05, 0) is 69.9 Å². The Morgan fingerprint density at radius 3 is 2.20 bits per heavy atom. The van der Waals surface area contributed by atoms with Gasteiger partial charge >= 0.3 is 6.09 Å². The van der Waals surface area contributed by atoms with Crippen LogP contribution in [0.1, 0.15) is 91.4 Å². The molecule has 0 saturated carbocycles. The number of aliphatic hydroxyl groups is 1. The van der Waals surface area contributed by atoms with Crippen LogP contribution in [0.4, 0.5) is 4.79 Å². The van der Waals surface area contributed by atoms with E-state index < -0.39 is 29.8 Å². The van der Waals surface area contributed by atoms with Crippen molar-refractivity contribution < 1.29 is 38.4 Å². The van der Waals surface area contributed by atoms with E-state index in [1.54, 1.807) is 52.1 Å². The maximum absolute atomic E-state index is 13.3. The van der Waals surface area contributed by atoms with Crippen molar-refractivity contribution in [3.63, 3.8) is 0 Å². The highest BCUT2D eigenvalue weighted by atomic mass is 16.6. The Balaban J connectivity index is 3.05. The van der Waals surface area contributed by atoms with E-state index in [9.17, 15) is 19.5 Å². The predicted molar refractivity (Wildman–Crippen MR) is 180 cm³/mol. The Bertz CT molecular complexity index is 1030. The van der Waals surface area contributed by atoms with E-state index in [4.69, 9.17) is 18.9 Å². The van der Waals surface area contributed by atoms with Crippen molar-refractivity contribution in [1.29, 1.82) is 0 Å². The molecule has 1 aromatic rings. The molecule has 0 heterocycles. The van der Waals surface area contributed by atoms with E-state index >= 15 is 0 Å². The molecule has 0 spiro atoms. The zero-order valence-electron chi connectivity index (χ0n) is 29.6. The summed E-state index contributed by atoms with van der Waals surface area (Å²) in [6, 6.07) is 6.31. The molecule has 0 aliphatic heterocycles. The van der Waals surface area contributed by atoms with Gasteiger partial charge in [0.25, 0.3) is 5.91 Å². The number of rotatable bonds is 22. The first-order valence-corrected chi connectivity index (χ1v) is 16.7. The zero-order chi connectivity index (χ0) is 34.7. The van der Waals surface area contributed by atoms with E-state index in [2.05, 4.69) is 22.9 Å². The lowest BCUT2D eigenvalue weighted by Crippen LogP contribution is -2.49. The van der Waals surface area contributed by atoms with Crippen LogP contribution in [0, 0.1) is 23.7 Å². The van der Waals surface area contributed by atoms with Crippen LogP contribution in [-0.2, 0) is 19.0 Å². The molecule has 4 atom stereocenters. The highest BCUT2D eigenvalue weighted by Crippen LogP contribution is 2.25. The van der Waals surface area contributed by atoms with Gasteiger partial charge in [0.15, 0.2) is 0 Å². The standard InChI is InChI=1S/C35H61N3O8/c1-10-11-16-36-33(41)28(25(4)5)22-30(39)29(38-34(42)46-35(6,7)8)21-26(24(2)3)23-37-32(40)27-14-12-13-15-31(27)45-20-19-44-18-17-43-9/h12-15,24-26,28-30,39H,10-11,16-23H2,1-9H3,(H,36,41)(H,37,40)(H,38,42)/t26-,28+,29+,30+/m1/s1. The fourth-order valence-corrected chi connectivity index (χ4v) is 4.87. The number of carbonyl (C=O) groups excluding carboxylic acids is 3. The number of amides is 3. The van der Waals surface area contributed by atoms with E-state index in [1.807, 2.05) is 27.7 Å². The predicted octanol–water partition coefficient (Wildman–Crippen LogP) is 4.95. The first-order chi connectivity index (χ1) is 21.7. The molecule has 0 radical (unpaired) electrons. The van der Waals surface area contributed by atoms with Gasteiger partial charge in [-0.1, -0.05) is 53.2 Å². The molecular weight excluding hydrogens is 590 g/mol. The van der Waals surface area contributed by atoms with Gasteiger partial charge in [0.2, 0.25) is 5.91 Å². The van der Waals surface area contributed by atoms with Crippen LogP contribution in [-0.4, -0.2) is 87.4 Å². The number of methoxy groups -OCH3 is 1. The summed E-state index contributed by atoms with van der Waals surface area (Å²) < 4.78 is 21.8. The van der Waals surface area contributed by atoms with Crippen LogP contribution in [0.2, 0.25) is 0 Å². The summed E-state index contributed by atoms with van der Waals surface area (Å²) in [6.45, 7) is 17.8. The largest absolute Gasteiger partial charge is 0.490 e. The van der Waals surface area contributed by atoms with Crippen LogP contribution in [0.15, 0.2) is 24.3 Å². The minimum absolute atomic E-state index is 0.0159. The smallest absolute Gasteiger partial charge is 0.407 e. The Kier molecular flexibility index (Phi) is 19.5. The second-order valence-corrected chi connectivity index (χ2v) is 13.5. The number of ether oxygens (including phenoxy) is 4. The fourth-order valence-electron chi connectivity index (χ4n) is 4.87. The van der Waals surface area contributed by atoms with Crippen molar-refractivity contribution in [2.24, 2.45) is 23.7 Å². The van der Waals surface area contributed by atoms with Gasteiger partial charge in [0.1, 0.15) is 18.0 Å². The summed E-state index contributed by atoms with van der Waals surface area (Å²) in [5.74, 6) is -0.405. The summed E-state index contributed by atoms with van der Waals surface area (Å²) in [5.41, 5.74) is -0.324. The number of benzene rings is 1. The number of unbranched alkanes of at least 4 members (excludes halogenated alkanes) is 1. The lowest BCUT2D eigenvalue weighted by atomic mass is 9.82. The minimum Gasteiger partial charge on any atom is -0.490 e. The number of para-hydroxylation sites is 1. The molecule has 0 aromatic heterocycles. The molecule has 1 aromatic carbocycles. The summed E-state index contributed by atoms with van der Waals surface area (Å²) in [4.78, 5) is 39.2. The average molecular weight is 652 g/mol. The third kappa shape index (κ3) is 16.6. The molecule has 46 heavy (non-hydrogen) atoms. The Morgan fingerprint density at radius 2 is 1.59 bits per heavy atom. The third-order valence-electron chi connectivity index (χ3n) is 7.71. The van der Waals surface area contributed by atoms with Gasteiger partial charge in [0, 0.05) is 26.1 Å². The summed E-state index contributed by atoms with van der Waals surface area (Å²) in [5, 5.41) is 20.4. The normalized spacial score (nSPS) is 14.3. The maximum Gasteiger partial charge on any atom is 0.407 e. The van der Waals surface area contributed by atoms with Crippen molar-refractivity contribution in [2.75, 3.05) is 46.6 Å². The molecule has 0 saturated heterocycles. The highest BCUT2D eigenvalue weighted by Gasteiger charge is 2.33. The molecule has 11 heteroatoms. The number of carbonyl (C=O) groups is 3. The van der Waals surface area contributed by atoms with Crippen molar-refractivity contribution in [3.05, 3.63) is 29.8 Å². The lowest BCUT2D eigenvalue weighted by molar-refractivity contribution is -0.127. The van der Waals surface area contributed by atoms with E-state index in [-0.39, 0.29) is 42.6 Å².